The maximum atomic E-state index is 2.72. The van der Waals surface area contributed by atoms with Crippen LogP contribution in [0.25, 0.3) is 0 Å². The highest BCUT2D eigenvalue weighted by atomic mass is 15.2. The van der Waals surface area contributed by atoms with E-state index in [4.69, 9.17) is 0 Å². The van der Waals surface area contributed by atoms with Crippen molar-refractivity contribution < 1.29 is 0 Å². The van der Waals surface area contributed by atoms with Gasteiger partial charge in [0.1, 0.15) is 0 Å². The Morgan fingerprint density at radius 3 is 1.39 bits per heavy atom. The molecule has 326 valence electrons. The molecule has 0 amide bonds. The Hall–Kier alpha value is -4.30. The number of rotatable bonds is 2. The molecule has 0 saturated carbocycles. The molecule has 4 aliphatic rings. The third kappa shape index (κ3) is 6.62. The molecule has 0 radical (unpaired) electrons. The molecule has 1 unspecified atom stereocenters. The van der Waals surface area contributed by atoms with Crippen molar-refractivity contribution in [2.75, 3.05) is 9.80 Å². The molecular formula is C60H76N2. The minimum atomic E-state index is -0.0851. The van der Waals surface area contributed by atoms with Crippen LogP contribution in [-0.2, 0) is 37.9 Å². The highest BCUT2D eigenvalue weighted by Gasteiger charge is 2.46. The predicted molar refractivity (Wildman–Crippen MR) is 268 cm³/mol. The van der Waals surface area contributed by atoms with Crippen LogP contribution in [0, 0.1) is 6.92 Å². The van der Waals surface area contributed by atoms with Gasteiger partial charge in [-0.2, -0.15) is 0 Å². The Kier molecular flexibility index (Phi) is 9.27. The number of hydrogen-bond acceptors (Lipinski definition) is 2. The number of fused-ring (bicyclic) bond motifs is 6. The van der Waals surface area contributed by atoms with E-state index in [1.807, 2.05) is 0 Å². The maximum absolute atomic E-state index is 2.72. The molecule has 2 heteroatoms. The van der Waals surface area contributed by atoms with Crippen molar-refractivity contribution in [3.05, 3.63) is 140 Å². The highest BCUT2D eigenvalue weighted by molar-refractivity contribution is 5.97. The van der Waals surface area contributed by atoms with Crippen LogP contribution >= 0.6 is 0 Å². The fourth-order valence-corrected chi connectivity index (χ4v) is 11.5. The molecule has 2 nitrogen and oxygen atoms in total. The molecule has 9 rings (SSSR count). The van der Waals surface area contributed by atoms with Crippen LogP contribution < -0.4 is 9.80 Å². The van der Waals surface area contributed by atoms with Gasteiger partial charge in [0.05, 0.1) is 22.7 Å². The Labute approximate surface area is 376 Å². The fourth-order valence-electron chi connectivity index (χ4n) is 11.5. The van der Waals surface area contributed by atoms with Gasteiger partial charge in [-0.25, -0.2) is 0 Å². The second-order valence-corrected chi connectivity index (χ2v) is 25.8. The van der Waals surface area contributed by atoms with Crippen molar-refractivity contribution in [1.82, 2.24) is 0 Å². The monoisotopic (exact) mass is 825 g/mol. The summed E-state index contributed by atoms with van der Waals surface area (Å²) in [6.45, 7) is 43.5. The van der Waals surface area contributed by atoms with E-state index in [1.165, 1.54) is 121 Å². The van der Waals surface area contributed by atoms with E-state index in [-0.39, 0.29) is 43.8 Å². The Morgan fingerprint density at radius 2 is 0.839 bits per heavy atom. The maximum Gasteiger partial charge on any atom is 0.0527 e. The van der Waals surface area contributed by atoms with E-state index in [9.17, 15) is 0 Å². The largest absolute Gasteiger partial charge is 0.310 e. The van der Waals surface area contributed by atoms with Gasteiger partial charge in [0.2, 0.25) is 0 Å². The van der Waals surface area contributed by atoms with Crippen molar-refractivity contribution >= 4 is 34.1 Å². The Bertz CT molecular complexity index is 2660. The van der Waals surface area contributed by atoms with Gasteiger partial charge in [-0.15, -0.1) is 0 Å². The van der Waals surface area contributed by atoms with Crippen LogP contribution in [-0.4, -0.2) is 0 Å². The van der Waals surface area contributed by atoms with E-state index in [0.29, 0.717) is 0 Å². The van der Waals surface area contributed by atoms with Gasteiger partial charge in [0.25, 0.3) is 0 Å². The number of nitrogens with zero attached hydrogens (tertiary/aromatic N) is 2. The molecule has 1 atom stereocenters. The van der Waals surface area contributed by atoms with E-state index in [1.54, 1.807) is 0 Å². The summed E-state index contributed by atoms with van der Waals surface area (Å²) in [5.41, 5.74) is 23.9. The molecule has 0 aromatic heterocycles. The molecule has 62 heavy (non-hydrogen) atoms. The summed E-state index contributed by atoms with van der Waals surface area (Å²) < 4.78 is 0. The van der Waals surface area contributed by atoms with E-state index in [0.717, 1.165) is 0 Å². The summed E-state index contributed by atoms with van der Waals surface area (Å²) in [5, 5.41) is 0. The summed E-state index contributed by atoms with van der Waals surface area (Å²) in [5.74, 6) is 0.0748. The average molecular weight is 825 g/mol. The van der Waals surface area contributed by atoms with Crippen molar-refractivity contribution in [3.8, 4) is 0 Å². The first-order valence-electron chi connectivity index (χ1n) is 23.9. The van der Waals surface area contributed by atoms with Gasteiger partial charge >= 0.3 is 0 Å². The first-order chi connectivity index (χ1) is 28.5. The fraction of sp³-hybridized carbons (Fsp3) is 0.500. The van der Waals surface area contributed by atoms with Gasteiger partial charge in [0.15, 0.2) is 0 Å². The molecule has 0 N–H and O–H groups in total. The topological polar surface area (TPSA) is 6.48 Å². The molecule has 2 heterocycles. The summed E-state index contributed by atoms with van der Waals surface area (Å²) in [4.78, 5) is 5.41. The first-order valence-corrected chi connectivity index (χ1v) is 23.9. The Balaban J connectivity index is 1.46. The molecule has 0 saturated heterocycles. The number of anilines is 6. The number of aryl methyl sites for hydroxylation is 1. The van der Waals surface area contributed by atoms with Crippen LogP contribution in [0.2, 0.25) is 0 Å². The van der Waals surface area contributed by atoms with E-state index < -0.39 is 0 Å². The van der Waals surface area contributed by atoms with Gasteiger partial charge in [-0.3, -0.25) is 0 Å². The van der Waals surface area contributed by atoms with E-state index >= 15 is 0 Å². The van der Waals surface area contributed by atoms with Crippen molar-refractivity contribution in [2.24, 2.45) is 0 Å². The van der Waals surface area contributed by atoms with Gasteiger partial charge in [-0.05, 0) is 169 Å². The summed E-state index contributed by atoms with van der Waals surface area (Å²) in [6, 6.07) is 32.8. The zero-order valence-corrected chi connectivity index (χ0v) is 41.8. The molecular weight excluding hydrogens is 749 g/mol. The van der Waals surface area contributed by atoms with Crippen LogP contribution in [0.3, 0.4) is 0 Å². The van der Waals surface area contributed by atoms with Gasteiger partial charge in [0, 0.05) is 22.9 Å². The highest BCUT2D eigenvalue weighted by Crippen LogP contribution is 2.64. The molecule has 2 aliphatic heterocycles. The minimum Gasteiger partial charge on any atom is -0.310 e. The standard InChI is InChI=1S/C60H76N2/c1-36-19-20-37(54(2,3)4)29-47(36)62-48-30-38(55(5,6)7)21-23-41(48)52-42-34-45-46(60(17,18)28-27-59(45,15)16)35-49(42)61(50-31-39(56(8,9)10)32-51(62)53(50)52)40-22-24-43-44(33-40)58(13,14)26-25-57(43,11)12/h19-24,29-35,52H,25-28H2,1-18H3. The van der Waals surface area contributed by atoms with Crippen molar-refractivity contribution in [3.63, 3.8) is 0 Å². The van der Waals surface area contributed by atoms with E-state index in [2.05, 4.69) is 213 Å². The summed E-state index contributed by atoms with van der Waals surface area (Å²) in [6.07, 6.45) is 4.78. The zero-order chi connectivity index (χ0) is 45.1. The minimum absolute atomic E-state index is 0.00750. The molecule has 5 aromatic carbocycles. The quantitative estimate of drug-likeness (QED) is 0.171. The number of hydrogen-bond donors (Lipinski definition) is 0. The lowest BCUT2D eigenvalue weighted by Crippen LogP contribution is -2.36. The summed E-state index contributed by atoms with van der Waals surface area (Å²) >= 11 is 0. The normalized spacial score (nSPS) is 20.5. The average Bonchev–Trinajstić information content (AvgIpc) is 3.16. The SMILES string of the molecule is Cc1ccc(C(C)(C)C)cc1N1c2cc(C(C)(C)C)ccc2C2c3cc4c(cc3N(c3ccc5c(c3)C(C)(C)CCC5(C)C)c3cc(C(C)(C)C)cc1c32)C(C)(C)CCC4(C)C. The van der Waals surface area contributed by atoms with Crippen molar-refractivity contribution in [1.29, 1.82) is 0 Å². The second-order valence-electron chi connectivity index (χ2n) is 25.8. The van der Waals surface area contributed by atoms with Crippen molar-refractivity contribution in [2.45, 2.75) is 194 Å². The third-order valence-corrected chi connectivity index (χ3v) is 16.2. The molecule has 0 spiro atoms. The predicted octanol–water partition coefficient (Wildman–Crippen LogP) is 17.3. The Morgan fingerprint density at radius 1 is 0.403 bits per heavy atom. The second kappa shape index (κ2) is 13.4. The lowest BCUT2D eigenvalue weighted by Gasteiger charge is -2.49. The number of benzene rings is 5. The smallest absolute Gasteiger partial charge is 0.0527 e. The first kappa shape index (κ1) is 43.0. The lowest BCUT2D eigenvalue weighted by atomic mass is 9.61. The third-order valence-electron chi connectivity index (χ3n) is 16.2. The zero-order valence-electron chi connectivity index (χ0n) is 41.8. The molecule has 0 bridgehead atoms. The van der Waals surface area contributed by atoms with Gasteiger partial charge in [-0.1, -0.05) is 154 Å². The van der Waals surface area contributed by atoms with Crippen LogP contribution in [0.15, 0.2) is 78.9 Å². The molecule has 5 aromatic rings. The van der Waals surface area contributed by atoms with Crippen LogP contribution in [0.5, 0.6) is 0 Å². The molecule has 0 fully saturated rings. The van der Waals surface area contributed by atoms with Gasteiger partial charge < -0.3 is 9.80 Å². The van der Waals surface area contributed by atoms with Crippen LogP contribution in [0.1, 0.15) is 211 Å². The lowest BCUT2D eigenvalue weighted by molar-refractivity contribution is 0.331. The molecule has 2 aliphatic carbocycles. The summed E-state index contributed by atoms with van der Waals surface area (Å²) in [7, 11) is 0. The van der Waals surface area contributed by atoms with Crippen LogP contribution in [0.4, 0.5) is 34.1 Å².